The van der Waals surface area contributed by atoms with Gasteiger partial charge in [0.05, 0.1) is 30.2 Å². The lowest BCUT2D eigenvalue weighted by molar-refractivity contribution is -0.117. The number of anilines is 1. The molecule has 2 heterocycles. The molecule has 0 bridgehead atoms. The van der Waals surface area contributed by atoms with Crippen molar-refractivity contribution in [2.24, 2.45) is 0 Å². The average molecular weight is 246 g/mol. The zero-order chi connectivity index (χ0) is 12.9. The van der Waals surface area contributed by atoms with E-state index in [1.54, 1.807) is 6.07 Å². The molecule has 0 spiro atoms. The van der Waals surface area contributed by atoms with Crippen LogP contribution in [0, 0.1) is 0 Å². The van der Waals surface area contributed by atoms with Gasteiger partial charge in [0.25, 0.3) is 11.8 Å². The molecule has 1 saturated heterocycles. The summed E-state index contributed by atoms with van der Waals surface area (Å²) in [5, 5.41) is 11.6. The number of imide groups is 1. The number of hydrogen-bond donors (Lipinski definition) is 2. The maximum absolute atomic E-state index is 11.6. The summed E-state index contributed by atoms with van der Waals surface area (Å²) in [6, 6.07) is 4.63. The molecule has 3 rings (SSSR count). The van der Waals surface area contributed by atoms with Crippen molar-refractivity contribution in [2.45, 2.75) is 12.5 Å². The molecule has 18 heavy (non-hydrogen) atoms. The molecule has 92 valence electrons. The molecule has 0 radical (unpaired) electrons. The molecule has 1 fully saturated rings. The monoisotopic (exact) mass is 246 g/mol. The Bertz CT molecular complexity index is 581. The smallest absolute Gasteiger partial charge is 0.259 e. The Labute approximate surface area is 102 Å². The van der Waals surface area contributed by atoms with E-state index in [1.165, 1.54) is 17.0 Å². The van der Waals surface area contributed by atoms with Crippen molar-refractivity contribution in [3.63, 3.8) is 0 Å². The van der Waals surface area contributed by atoms with E-state index in [4.69, 9.17) is 0 Å². The van der Waals surface area contributed by atoms with E-state index in [1.807, 2.05) is 0 Å². The second-order valence-electron chi connectivity index (χ2n) is 4.38. The molecule has 0 saturated carbocycles. The highest BCUT2D eigenvalue weighted by Gasteiger charge is 2.32. The molecule has 1 unspecified atom stereocenters. The summed E-state index contributed by atoms with van der Waals surface area (Å²) >= 11 is 0. The first-order chi connectivity index (χ1) is 8.56. The van der Waals surface area contributed by atoms with Crippen molar-refractivity contribution in [3.8, 4) is 0 Å². The van der Waals surface area contributed by atoms with Crippen LogP contribution in [0.1, 0.15) is 27.1 Å². The Kier molecular flexibility index (Phi) is 2.21. The van der Waals surface area contributed by atoms with E-state index in [2.05, 4.69) is 5.32 Å². The second kappa shape index (κ2) is 3.64. The number of hydrogen-bond acceptors (Lipinski definition) is 4. The number of rotatable bonds is 1. The number of carbonyl (C=O) groups excluding carboxylic acids is 3. The van der Waals surface area contributed by atoms with E-state index >= 15 is 0 Å². The topological polar surface area (TPSA) is 86.7 Å². The standard InChI is InChI=1S/C12H10N2O4/c15-7-4-10(16)14(5-7)6-1-2-8-9(3-6)12(18)13-11(8)17/h1-3,7,15H,4-5H2,(H,13,17,18). The van der Waals surface area contributed by atoms with Crippen LogP contribution >= 0.6 is 0 Å². The Morgan fingerprint density at radius 1 is 1.17 bits per heavy atom. The Morgan fingerprint density at radius 3 is 2.56 bits per heavy atom. The summed E-state index contributed by atoms with van der Waals surface area (Å²) in [5.41, 5.74) is 1.11. The van der Waals surface area contributed by atoms with Crippen LogP contribution in [0.2, 0.25) is 0 Å². The minimum atomic E-state index is -0.679. The van der Waals surface area contributed by atoms with Crippen LogP contribution in [0.25, 0.3) is 0 Å². The molecule has 1 aromatic rings. The summed E-state index contributed by atoms with van der Waals surface area (Å²) in [5.74, 6) is -1.06. The summed E-state index contributed by atoms with van der Waals surface area (Å²) < 4.78 is 0. The van der Waals surface area contributed by atoms with Crippen molar-refractivity contribution < 1.29 is 19.5 Å². The van der Waals surface area contributed by atoms with Gasteiger partial charge in [-0.2, -0.15) is 0 Å². The molecule has 3 amide bonds. The zero-order valence-electron chi connectivity index (χ0n) is 9.34. The third kappa shape index (κ3) is 1.50. The number of fused-ring (bicyclic) bond motifs is 1. The Hall–Kier alpha value is -2.21. The largest absolute Gasteiger partial charge is 0.391 e. The number of benzene rings is 1. The molecule has 1 aromatic carbocycles. The maximum atomic E-state index is 11.6. The second-order valence-corrected chi connectivity index (χ2v) is 4.38. The summed E-state index contributed by atoms with van der Waals surface area (Å²) in [7, 11) is 0. The highest BCUT2D eigenvalue weighted by atomic mass is 16.3. The highest BCUT2D eigenvalue weighted by Crippen LogP contribution is 2.26. The fraction of sp³-hybridized carbons (Fsp3) is 0.250. The van der Waals surface area contributed by atoms with Crippen molar-refractivity contribution in [3.05, 3.63) is 29.3 Å². The van der Waals surface area contributed by atoms with Gasteiger partial charge in [-0.05, 0) is 18.2 Å². The molecule has 6 nitrogen and oxygen atoms in total. The molecule has 2 aliphatic rings. The van der Waals surface area contributed by atoms with Crippen molar-refractivity contribution in [1.29, 1.82) is 0 Å². The van der Waals surface area contributed by atoms with Gasteiger partial charge in [-0.25, -0.2) is 0 Å². The molecule has 6 heteroatoms. The average Bonchev–Trinajstić information content (AvgIpc) is 2.80. The van der Waals surface area contributed by atoms with Crippen LogP contribution in [0.3, 0.4) is 0 Å². The van der Waals surface area contributed by atoms with Gasteiger partial charge in [0.1, 0.15) is 0 Å². The fourth-order valence-electron chi connectivity index (χ4n) is 2.26. The van der Waals surface area contributed by atoms with Gasteiger partial charge >= 0.3 is 0 Å². The van der Waals surface area contributed by atoms with Crippen molar-refractivity contribution in [2.75, 3.05) is 11.4 Å². The lowest BCUT2D eigenvalue weighted by Crippen LogP contribution is -2.25. The predicted molar refractivity (Wildman–Crippen MR) is 61.2 cm³/mol. The number of aliphatic hydroxyl groups excluding tert-OH is 1. The number of nitrogens with one attached hydrogen (secondary N) is 1. The van der Waals surface area contributed by atoms with Crippen molar-refractivity contribution >= 4 is 23.4 Å². The number of β-amino-alcohol motifs (C(OH)–C–C–N with tert-alkyl or cyclic N) is 1. The Morgan fingerprint density at radius 2 is 1.89 bits per heavy atom. The van der Waals surface area contributed by atoms with E-state index in [0.29, 0.717) is 11.3 Å². The van der Waals surface area contributed by atoms with Gasteiger partial charge in [-0.1, -0.05) is 0 Å². The van der Waals surface area contributed by atoms with Gasteiger partial charge < -0.3 is 10.0 Å². The van der Waals surface area contributed by atoms with E-state index in [-0.39, 0.29) is 24.4 Å². The first kappa shape index (κ1) is 10.9. The SMILES string of the molecule is O=C1NC(=O)c2cc(N3CC(O)CC3=O)ccc21. The first-order valence-corrected chi connectivity index (χ1v) is 5.54. The molecular formula is C12H10N2O4. The lowest BCUT2D eigenvalue weighted by atomic mass is 10.1. The van der Waals surface area contributed by atoms with Crippen LogP contribution in [-0.2, 0) is 4.79 Å². The molecule has 0 aliphatic carbocycles. The lowest BCUT2D eigenvalue weighted by Gasteiger charge is -2.16. The molecule has 1 atom stereocenters. The van der Waals surface area contributed by atoms with Crippen LogP contribution in [0.15, 0.2) is 18.2 Å². The van der Waals surface area contributed by atoms with Gasteiger partial charge in [-0.3, -0.25) is 19.7 Å². The van der Waals surface area contributed by atoms with Gasteiger partial charge in [-0.15, -0.1) is 0 Å². The summed E-state index contributed by atoms with van der Waals surface area (Å²) in [6.07, 6.45) is -0.594. The van der Waals surface area contributed by atoms with Crippen LogP contribution in [0.5, 0.6) is 0 Å². The van der Waals surface area contributed by atoms with Crippen molar-refractivity contribution in [1.82, 2.24) is 5.32 Å². The highest BCUT2D eigenvalue weighted by molar-refractivity contribution is 6.22. The van der Waals surface area contributed by atoms with E-state index < -0.39 is 17.9 Å². The van der Waals surface area contributed by atoms with E-state index in [0.717, 1.165) is 0 Å². The third-order valence-electron chi connectivity index (χ3n) is 3.14. The number of nitrogens with zero attached hydrogens (tertiary/aromatic N) is 1. The molecular weight excluding hydrogens is 236 g/mol. The number of aliphatic hydroxyl groups is 1. The quantitative estimate of drug-likeness (QED) is 0.664. The van der Waals surface area contributed by atoms with Crippen LogP contribution in [0.4, 0.5) is 5.69 Å². The minimum absolute atomic E-state index is 0.0855. The van der Waals surface area contributed by atoms with Gasteiger partial charge in [0, 0.05) is 5.69 Å². The third-order valence-corrected chi connectivity index (χ3v) is 3.14. The predicted octanol–water partition coefficient (Wildman–Crippen LogP) is -0.332. The molecule has 2 aliphatic heterocycles. The molecule has 2 N–H and O–H groups in total. The summed E-state index contributed by atoms with van der Waals surface area (Å²) in [6.45, 7) is 0.215. The zero-order valence-corrected chi connectivity index (χ0v) is 9.34. The van der Waals surface area contributed by atoms with Crippen LogP contribution in [-0.4, -0.2) is 35.5 Å². The number of amides is 3. The normalized spacial score (nSPS) is 22.4. The van der Waals surface area contributed by atoms with Gasteiger partial charge in [0.2, 0.25) is 5.91 Å². The van der Waals surface area contributed by atoms with Crippen LogP contribution < -0.4 is 10.2 Å². The maximum Gasteiger partial charge on any atom is 0.259 e. The summed E-state index contributed by atoms with van der Waals surface area (Å²) in [4.78, 5) is 35.9. The minimum Gasteiger partial charge on any atom is -0.391 e. The Balaban J connectivity index is 2.01. The number of carbonyl (C=O) groups is 3. The van der Waals surface area contributed by atoms with Gasteiger partial charge in [0.15, 0.2) is 0 Å². The van der Waals surface area contributed by atoms with E-state index in [9.17, 15) is 19.5 Å². The molecule has 0 aromatic heterocycles. The fourth-order valence-corrected chi connectivity index (χ4v) is 2.26. The first-order valence-electron chi connectivity index (χ1n) is 5.54.